The molecule has 3 heterocycles. The summed E-state index contributed by atoms with van der Waals surface area (Å²) in [6.07, 6.45) is 3.87. The van der Waals surface area contributed by atoms with Crippen molar-refractivity contribution in [3.8, 4) is 0 Å². The average Bonchev–Trinajstić information content (AvgIpc) is 3.15. The van der Waals surface area contributed by atoms with Crippen LogP contribution in [0.15, 0.2) is 39.8 Å². The molecule has 130 valence electrons. The van der Waals surface area contributed by atoms with Crippen LogP contribution in [-0.4, -0.2) is 41.5 Å². The molecule has 0 bridgehead atoms. The molecule has 2 aliphatic heterocycles. The topological polar surface area (TPSA) is 152 Å². The van der Waals surface area contributed by atoms with Crippen LogP contribution in [-0.2, 0) is 14.3 Å². The van der Waals surface area contributed by atoms with Crippen molar-refractivity contribution < 1.29 is 14.6 Å². The molecule has 1 aromatic rings. The van der Waals surface area contributed by atoms with Crippen molar-refractivity contribution >= 4 is 24.2 Å². The molecule has 3 rings (SSSR count). The Kier molecular flexibility index (Phi) is 5.52. The average molecular weight is 352 g/mol. The Hall–Kier alpha value is -2.46. The number of aromatic amines is 1. The molecule has 0 aliphatic carbocycles. The van der Waals surface area contributed by atoms with Crippen LogP contribution in [0.25, 0.3) is 0 Å². The summed E-state index contributed by atoms with van der Waals surface area (Å²) in [4.78, 5) is 13.4. The Morgan fingerprint density at radius 2 is 2.25 bits per heavy atom. The normalized spacial score (nSPS) is 23.2. The van der Waals surface area contributed by atoms with Gasteiger partial charge in [-0.05, 0) is 12.1 Å². The number of thioether (sulfide) groups is 1. The number of aliphatic imine (C=N–C) groups is 1. The maximum atomic E-state index is 8.36. The van der Waals surface area contributed by atoms with E-state index in [0.717, 1.165) is 16.3 Å². The Balaban J connectivity index is 0.000000647. The zero-order valence-electron chi connectivity index (χ0n) is 13.3. The zero-order valence-corrected chi connectivity index (χ0v) is 14.1. The fourth-order valence-corrected chi connectivity index (χ4v) is 4.03. The van der Waals surface area contributed by atoms with E-state index in [0.29, 0.717) is 18.4 Å². The highest BCUT2D eigenvalue weighted by Crippen LogP contribution is 2.55. The number of H-pyrrole nitrogens is 1. The summed E-state index contributed by atoms with van der Waals surface area (Å²) in [5.41, 5.74) is 13.7. The van der Waals surface area contributed by atoms with Crippen LogP contribution < -0.4 is 16.8 Å². The smallest absolute Gasteiger partial charge is 0.290 e. The molecule has 0 spiro atoms. The van der Waals surface area contributed by atoms with E-state index in [-0.39, 0.29) is 17.1 Å². The Morgan fingerprint density at radius 3 is 2.83 bits per heavy atom. The van der Waals surface area contributed by atoms with Crippen LogP contribution in [0.5, 0.6) is 0 Å². The van der Waals surface area contributed by atoms with Crippen LogP contribution in [0.4, 0.5) is 0 Å². The number of hydrogen-bond acceptors (Lipinski definition) is 8. The highest BCUT2D eigenvalue weighted by atomic mass is 32.2. The van der Waals surface area contributed by atoms with Crippen molar-refractivity contribution in [2.45, 2.75) is 11.7 Å². The van der Waals surface area contributed by atoms with Gasteiger partial charge in [-0.2, -0.15) is 10.1 Å². The molecular formula is C14H20N6O3S. The number of aromatic nitrogens is 2. The third kappa shape index (κ3) is 3.24. The van der Waals surface area contributed by atoms with Gasteiger partial charge in [-0.15, -0.1) is 11.8 Å². The van der Waals surface area contributed by atoms with Gasteiger partial charge >= 0.3 is 0 Å². The molecule has 24 heavy (non-hydrogen) atoms. The molecule has 2 unspecified atom stereocenters. The van der Waals surface area contributed by atoms with E-state index in [4.69, 9.17) is 26.1 Å². The lowest BCUT2D eigenvalue weighted by atomic mass is 9.89. The number of carboxylic acid groups (broad SMARTS) is 1. The second kappa shape index (κ2) is 7.41. The van der Waals surface area contributed by atoms with E-state index in [2.05, 4.69) is 33.5 Å². The van der Waals surface area contributed by atoms with E-state index in [1.807, 2.05) is 6.07 Å². The van der Waals surface area contributed by atoms with Crippen LogP contribution >= 0.6 is 11.8 Å². The minimum absolute atomic E-state index is 0.203. The lowest BCUT2D eigenvalue weighted by Gasteiger charge is -2.31. The molecule has 10 heteroatoms. The number of carbonyl (C=O) groups is 1. The maximum absolute atomic E-state index is 8.36. The van der Waals surface area contributed by atoms with E-state index >= 15 is 0 Å². The standard InChI is InChI=1S/C13H18N6OS.CH2O2/c1-7(6-20-2)13(9-3-4-16-19-9)5-8-10(21-13)11(14)18-12(15)17-8;2-1-3/h3-5,7H,6,14H2,1-2H3,(H,16,19)(H3,15,17,18);1H,(H,2,3). The number of ether oxygens (including phenoxy) is 1. The first-order valence-electron chi connectivity index (χ1n) is 7.08. The van der Waals surface area contributed by atoms with Gasteiger partial charge in [-0.25, -0.2) is 0 Å². The molecule has 0 saturated carbocycles. The largest absolute Gasteiger partial charge is 0.483 e. The van der Waals surface area contributed by atoms with Crippen LogP contribution in [0.3, 0.4) is 0 Å². The molecule has 1 aromatic heterocycles. The molecule has 0 saturated heterocycles. The van der Waals surface area contributed by atoms with Gasteiger partial charge in [0.15, 0.2) is 5.96 Å². The summed E-state index contributed by atoms with van der Waals surface area (Å²) < 4.78 is 5.00. The molecule has 0 radical (unpaired) electrons. The van der Waals surface area contributed by atoms with Gasteiger partial charge in [0, 0.05) is 19.2 Å². The summed E-state index contributed by atoms with van der Waals surface area (Å²) >= 11 is 1.64. The number of fused-ring (bicyclic) bond motifs is 1. The third-order valence-corrected chi connectivity index (χ3v) is 5.39. The van der Waals surface area contributed by atoms with Gasteiger partial charge in [0.25, 0.3) is 6.47 Å². The van der Waals surface area contributed by atoms with E-state index in [9.17, 15) is 0 Å². The molecule has 7 N–H and O–H groups in total. The lowest BCUT2D eigenvalue weighted by Crippen LogP contribution is -2.34. The highest BCUT2D eigenvalue weighted by molar-refractivity contribution is 8.04. The van der Waals surface area contributed by atoms with Crippen LogP contribution in [0, 0.1) is 5.92 Å². The van der Waals surface area contributed by atoms with Crippen molar-refractivity contribution in [3.63, 3.8) is 0 Å². The quantitative estimate of drug-likeness (QED) is 0.484. The first-order valence-corrected chi connectivity index (χ1v) is 7.90. The Morgan fingerprint density at radius 1 is 1.54 bits per heavy atom. The van der Waals surface area contributed by atoms with Crippen molar-refractivity contribution in [1.29, 1.82) is 0 Å². The molecule has 0 amide bonds. The minimum atomic E-state index is -0.338. The van der Waals surface area contributed by atoms with Gasteiger partial charge in [0.05, 0.1) is 27.7 Å². The summed E-state index contributed by atoms with van der Waals surface area (Å²) in [6.45, 7) is 2.49. The number of nitrogens with one attached hydrogen (secondary N) is 2. The number of guanidine groups is 1. The number of rotatable bonds is 4. The minimum Gasteiger partial charge on any atom is -0.483 e. The molecule has 2 atom stereocenters. The SMILES string of the molecule is COCC(C)C1(c2ccn[nH]2)C=C2NC(N)=NC(N)=C2S1.O=CO. The fourth-order valence-electron chi connectivity index (χ4n) is 2.65. The number of methoxy groups -OCH3 is 1. The molecule has 0 aromatic carbocycles. The predicted octanol–water partition coefficient (Wildman–Crippen LogP) is 0.265. The first kappa shape index (κ1) is 17.9. The van der Waals surface area contributed by atoms with Crippen molar-refractivity contribution in [1.82, 2.24) is 15.5 Å². The fraction of sp³-hybridized carbons (Fsp3) is 0.357. The predicted molar refractivity (Wildman–Crippen MR) is 91.6 cm³/mol. The van der Waals surface area contributed by atoms with E-state index < -0.39 is 0 Å². The van der Waals surface area contributed by atoms with Gasteiger partial charge < -0.3 is 26.6 Å². The second-order valence-corrected chi connectivity index (χ2v) is 6.51. The Labute approximate surface area is 143 Å². The first-order chi connectivity index (χ1) is 11.5. The summed E-state index contributed by atoms with van der Waals surface area (Å²) in [5, 5.41) is 17.1. The summed E-state index contributed by atoms with van der Waals surface area (Å²) in [6, 6.07) is 1.97. The van der Waals surface area contributed by atoms with Crippen molar-refractivity contribution in [3.05, 3.63) is 40.5 Å². The van der Waals surface area contributed by atoms with Crippen molar-refractivity contribution in [2.75, 3.05) is 13.7 Å². The van der Waals surface area contributed by atoms with Crippen molar-refractivity contribution in [2.24, 2.45) is 22.4 Å². The van der Waals surface area contributed by atoms with E-state index in [1.54, 1.807) is 25.1 Å². The number of hydrogen-bond donors (Lipinski definition) is 5. The summed E-state index contributed by atoms with van der Waals surface area (Å²) in [5.74, 6) is 0.950. The van der Waals surface area contributed by atoms with E-state index in [1.165, 1.54) is 0 Å². The molecule has 0 fully saturated rings. The molecule has 2 aliphatic rings. The van der Waals surface area contributed by atoms with Crippen LogP contribution in [0.2, 0.25) is 0 Å². The Bertz CT molecular complexity index is 685. The molecule has 9 nitrogen and oxygen atoms in total. The van der Waals surface area contributed by atoms with Gasteiger partial charge in [-0.3, -0.25) is 9.89 Å². The highest BCUT2D eigenvalue weighted by Gasteiger charge is 2.46. The monoisotopic (exact) mass is 352 g/mol. The van der Waals surface area contributed by atoms with Crippen LogP contribution in [0.1, 0.15) is 12.6 Å². The number of nitrogens with two attached hydrogens (primary N) is 2. The summed E-state index contributed by atoms with van der Waals surface area (Å²) in [7, 11) is 1.70. The number of nitrogens with zero attached hydrogens (tertiary/aromatic N) is 2. The van der Waals surface area contributed by atoms with Gasteiger partial charge in [-0.1, -0.05) is 6.92 Å². The maximum Gasteiger partial charge on any atom is 0.290 e. The second-order valence-electron chi connectivity index (χ2n) is 5.22. The third-order valence-electron chi connectivity index (χ3n) is 3.68. The lowest BCUT2D eigenvalue weighted by molar-refractivity contribution is -0.122. The zero-order chi connectivity index (χ0) is 17.7. The molecular weight excluding hydrogens is 332 g/mol. The van der Waals surface area contributed by atoms with Gasteiger partial charge in [0.2, 0.25) is 0 Å². The van der Waals surface area contributed by atoms with Gasteiger partial charge in [0.1, 0.15) is 5.82 Å².